The average molecular weight is 318 g/mol. The van der Waals surface area contributed by atoms with E-state index < -0.39 is 6.10 Å². The molecule has 1 aromatic heterocycles. The van der Waals surface area contributed by atoms with Crippen LogP contribution in [0.25, 0.3) is 10.9 Å². The third-order valence-corrected chi connectivity index (χ3v) is 4.18. The molecule has 3 aromatic rings. The molecule has 1 heterocycles. The minimum absolute atomic E-state index is 0.372. The Kier molecular flexibility index (Phi) is 4.11. The molecule has 106 valence electrons. The Morgan fingerprint density at radius 1 is 1.00 bits per heavy atom. The van der Waals surface area contributed by atoms with Crippen molar-refractivity contribution in [3.05, 3.63) is 75.9 Å². The number of benzene rings is 2. The number of fused-ring (bicyclic) bond motifs is 1. The highest BCUT2D eigenvalue weighted by Crippen LogP contribution is 2.30. The van der Waals surface area contributed by atoms with Gasteiger partial charge in [0.15, 0.2) is 0 Å². The molecule has 0 aliphatic heterocycles. The first kappa shape index (κ1) is 14.3. The number of aromatic nitrogens is 1. The maximum atomic E-state index is 10.4. The Balaban J connectivity index is 1.91. The Labute approximate surface area is 133 Å². The maximum absolute atomic E-state index is 10.4. The van der Waals surface area contributed by atoms with E-state index in [0.717, 1.165) is 22.0 Å². The lowest BCUT2D eigenvalue weighted by molar-refractivity contribution is 0.178. The first-order valence-corrected chi connectivity index (χ1v) is 7.36. The van der Waals surface area contributed by atoms with Gasteiger partial charge in [0.25, 0.3) is 0 Å². The molecule has 3 rings (SSSR count). The number of hydrogen-bond donors (Lipinski definition) is 1. The van der Waals surface area contributed by atoms with Crippen LogP contribution >= 0.6 is 23.2 Å². The summed E-state index contributed by atoms with van der Waals surface area (Å²) >= 11 is 12.3. The summed E-state index contributed by atoms with van der Waals surface area (Å²) in [6.07, 6.45) is 1.44. The number of hydrogen-bond acceptors (Lipinski definition) is 2. The zero-order chi connectivity index (χ0) is 14.8. The molecular weight excluding hydrogens is 305 g/mol. The van der Waals surface area contributed by atoms with E-state index in [1.54, 1.807) is 24.4 Å². The number of rotatable bonds is 3. The standard InChI is InChI=1S/C17H13Cl2NO/c18-14-4-1-5-15(19)13(14)10-17(21)12-7-6-11-3-2-8-20-16(11)9-12/h1-9,17,21H,10H2. The van der Waals surface area contributed by atoms with Gasteiger partial charge in [-0.1, -0.05) is 47.5 Å². The zero-order valence-electron chi connectivity index (χ0n) is 11.1. The summed E-state index contributed by atoms with van der Waals surface area (Å²) in [5.74, 6) is 0. The lowest BCUT2D eigenvalue weighted by Crippen LogP contribution is -2.03. The van der Waals surface area contributed by atoms with Gasteiger partial charge < -0.3 is 5.11 Å². The molecule has 21 heavy (non-hydrogen) atoms. The van der Waals surface area contributed by atoms with Gasteiger partial charge in [-0.05, 0) is 35.4 Å². The Morgan fingerprint density at radius 3 is 2.52 bits per heavy atom. The van der Waals surface area contributed by atoms with Gasteiger partial charge in [0, 0.05) is 28.0 Å². The lowest BCUT2D eigenvalue weighted by Gasteiger charge is -2.14. The van der Waals surface area contributed by atoms with Crippen molar-refractivity contribution in [2.75, 3.05) is 0 Å². The van der Waals surface area contributed by atoms with Gasteiger partial charge in [0.1, 0.15) is 0 Å². The highest BCUT2D eigenvalue weighted by Gasteiger charge is 2.14. The van der Waals surface area contributed by atoms with Crippen LogP contribution in [0.1, 0.15) is 17.2 Å². The predicted octanol–water partition coefficient (Wildman–Crippen LogP) is 4.82. The van der Waals surface area contributed by atoms with Crippen LogP contribution in [-0.2, 0) is 6.42 Å². The summed E-state index contributed by atoms with van der Waals surface area (Å²) in [6, 6.07) is 15.0. The average Bonchev–Trinajstić information content (AvgIpc) is 2.50. The Bertz CT molecular complexity index is 768. The van der Waals surface area contributed by atoms with Crippen LogP contribution in [0.5, 0.6) is 0 Å². The number of pyridine rings is 1. The topological polar surface area (TPSA) is 33.1 Å². The number of halogens is 2. The third-order valence-electron chi connectivity index (χ3n) is 3.47. The molecule has 2 nitrogen and oxygen atoms in total. The van der Waals surface area contributed by atoms with E-state index in [1.807, 2.05) is 30.3 Å². The fraction of sp³-hybridized carbons (Fsp3) is 0.118. The molecule has 1 N–H and O–H groups in total. The maximum Gasteiger partial charge on any atom is 0.0832 e. The monoisotopic (exact) mass is 317 g/mol. The number of aliphatic hydroxyl groups is 1. The molecular formula is C17H13Cl2NO. The molecule has 0 amide bonds. The molecule has 2 aromatic carbocycles. The van der Waals surface area contributed by atoms with E-state index in [9.17, 15) is 5.11 Å². The molecule has 0 saturated carbocycles. The molecule has 0 aliphatic carbocycles. The summed E-state index contributed by atoms with van der Waals surface area (Å²) in [7, 11) is 0. The molecule has 0 radical (unpaired) electrons. The van der Waals surface area contributed by atoms with E-state index in [-0.39, 0.29) is 0 Å². The molecule has 1 unspecified atom stereocenters. The van der Waals surface area contributed by atoms with E-state index in [2.05, 4.69) is 4.98 Å². The normalized spacial score (nSPS) is 12.5. The summed E-state index contributed by atoms with van der Waals surface area (Å²) in [6.45, 7) is 0. The van der Waals surface area contributed by atoms with Crippen molar-refractivity contribution in [2.24, 2.45) is 0 Å². The van der Waals surface area contributed by atoms with Gasteiger partial charge in [0.05, 0.1) is 11.6 Å². The minimum atomic E-state index is -0.672. The van der Waals surface area contributed by atoms with E-state index in [4.69, 9.17) is 23.2 Å². The van der Waals surface area contributed by atoms with Crippen LogP contribution in [0.4, 0.5) is 0 Å². The predicted molar refractivity (Wildman–Crippen MR) is 86.9 cm³/mol. The first-order chi connectivity index (χ1) is 10.1. The number of nitrogens with zero attached hydrogens (tertiary/aromatic N) is 1. The van der Waals surface area contributed by atoms with Crippen molar-refractivity contribution in [3.63, 3.8) is 0 Å². The van der Waals surface area contributed by atoms with Crippen LogP contribution < -0.4 is 0 Å². The molecule has 0 bridgehead atoms. The van der Waals surface area contributed by atoms with Gasteiger partial charge in [0.2, 0.25) is 0 Å². The quantitative estimate of drug-likeness (QED) is 0.751. The molecule has 0 saturated heterocycles. The second-order valence-electron chi connectivity index (χ2n) is 4.88. The smallest absolute Gasteiger partial charge is 0.0832 e. The minimum Gasteiger partial charge on any atom is -0.388 e. The van der Waals surface area contributed by atoms with Crippen LogP contribution in [0, 0.1) is 0 Å². The lowest BCUT2D eigenvalue weighted by atomic mass is 10.00. The largest absolute Gasteiger partial charge is 0.388 e. The van der Waals surface area contributed by atoms with Gasteiger partial charge in [-0.15, -0.1) is 0 Å². The second kappa shape index (κ2) is 6.02. The van der Waals surface area contributed by atoms with Crippen LogP contribution in [0.3, 0.4) is 0 Å². The summed E-state index contributed by atoms with van der Waals surface area (Å²) in [5, 5.41) is 12.6. The van der Waals surface area contributed by atoms with E-state index in [1.165, 1.54) is 0 Å². The zero-order valence-corrected chi connectivity index (χ0v) is 12.6. The summed E-state index contributed by atoms with van der Waals surface area (Å²) in [4.78, 5) is 4.30. The fourth-order valence-electron chi connectivity index (χ4n) is 2.33. The highest BCUT2D eigenvalue weighted by atomic mass is 35.5. The molecule has 0 fully saturated rings. The molecule has 1 atom stereocenters. The SMILES string of the molecule is OC(Cc1c(Cl)cccc1Cl)c1ccc2cccnc2c1. The third kappa shape index (κ3) is 3.03. The van der Waals surface area contributed by atoms with Crippen LogP contribution in [0.15, 0.2) is 54.7 Å². The van der Waals surface area contributed by atoms with E-state index >= 15 is 0 Å². The first-order valence-electron chi connectivity index (χ1n) is 6.61. The van der Waals surface area contributed by atoms with Crippen molar-refractivity contribution in [3.8, 4) is 0 Å². The fourth-order valence-corrected chi connectivity index (χ4v) is 2.88. The van der Waals surface area contributed by atoms with Gasteiger partial charge in [-0.25, -0.2) is 0 Å². The van der Waals surface area contributed by atoms with Crippen molar-refractivity contribution < 1.29 is 5.11 Å². The molecule has 0 spiro atoms. The van der Waals surface area contributed by atoms with Crippen LogP contribution in [-0.4, -0.2) is 10.1 Å². The van der Waals surface area contributed by atoms with Gasteiger partial charge in [-0.2, -0.15) is 0 Å². The molecule has 4 heteroatoms. The second-order valence-corrected chi connectivity index (χ2v) is 5.69. The Morgan fingerprint density at radius 2 is 1.76 bits per heavy atom. The van der Waals surface area contributed by atoms with E-state index in [0.29, 0.717) is 16.5 Å². The summed E-state index contributed by atoms with van der Waals surface area (Å²) < 4.78 is 0. The van der Waals surface area contributed by atoms with Crippen molar-refractivity contribution in [2.45, 2.75) is 12.5 Å². The molecule has 0 aliphatic rings. The van der Waals surface area contributed by atoms with Gasteiger partial charge in [-0.3, -0.25) is 4.98 Å². The number of aliphatic hydroxyl groups excluding tert-OH is 1. The Hall–Kier alpha value is -1.61. The van der Waals surface area contributed by atoms with Crippen LogP contribution in [0.2, 0.25) is 10.0 Å². The van der Waals surface area contributed by atoms with Crippen molar-refractivity contribution in [1.29, 1.82) is 0 Å². The summed E-state index contributed by atoms with van der Waals surface area (Å²) in [5.41, 5.74) is 2.42. The van der Waals surface area contributed by atoms with Gasteiger partial charge >= 0.3 is 0 Å². The van der Waals surface area contributed by atoms with Crippen molar-refractivity contribution >= 4 is 34.1 Å². The van der Waals surface area contributed by atoms with Crippen molar-refractivity contribution in [1.82, 2.24) is 4.98 Å². The highest BCUT2D eigenvalue weighted by molar-refractivity contribution is 6.36.